The number of likely N-dealkylation sites (N-methyl/N-ethyl adjacent to an activating group) is 1. The Morgan fingerprint density at radius 3 is 2.62 bits per heavy atom. The van der Waals surface area contributed by atoms with Crippen LogP contribution in [0.4, 0.5) is 0 Å². The molecule has 0 spiro atoms. The molecule has 1 aliphatic carbocycles. The van der Waals surface area contributed by atoms with Crippen molar-refractivity contribution in [1.29, 1.82) is 0 Å². The van der Waals surface area contributed by atoms with E-state index < -0.39 is 0 Å². The molecular formula is C17H30BrN3. The van der Waals surface area contributed by atoms with Crippen LogP contribution in [0, 0.1) is 12.8 Å². The summed E-state index contributed by atoms with van der Waals surface area (Å²) < 4.78 is 3.22. The highest BCUT2D eigenvalue weighted by Gasteiger charge is 2.19. The van der Waals surface area contributed by atoms with Crippen LogP contribution < -0.4 is 5.32 Å². The molecule has 120 valence electrons. The zero-order chi connectivity index (χ0) is 15.2. The third-order valence-corrected chi connectivity index (χ3v) is 5.87. The Morgan fingerprint density at radius 1 is 1.33 bits per heavy atom. The molecule has 1 aromatic heterocycles. The number of halogens is 1. The molecule has 1 saturated carbocycles. The van der Waals surface area contributed by atoms with Crippen molar-refractivity contribution < 1.29 is 0 Å². The summed E-state index contributed by atoms with van der Waals surface area (Å²) in [5.74, 6) is 0.969. The molecule has 1 aromatic rings. The van der Waals surface area contributed by atoms with Crippen molar-refractivity contribution in [3.05, 3.63) is 15.9 Å². The number of nitrogens with one attached hydrogen (secondary N) is 1. The van der Waals surface area contributed by atoms with Gasteiger partial charge < -0.3 is 5.32 Å². The summed E-state index contributed by atoms with van der Waals surface area (Å²) >= 11 is 3.70. The summed E-state index contributed by atoms with van der Waals surface area (Å²) in [7, 11) is 2.05. The van der Waals surface area contributed by atoms with Crippen LogP contribution in [0.15, 0.2) is 4.47 Å². The molecule has 1 fully saturated rings. The predicted octanol–water partition coefficient (Wildman–Crippen LogP) is 4.37. The van der Waals surface area contributed by atoms with Crippen LogP contribution in [0.2, 0.25) is 0 Å². The van der Waals surface area contributed by atoms with E-state index in [1.165, 1.54) is 55.1 Å². The SMILES string of the molecule is CCNC(CCC1CCCCC1)Cc1c(Br)c(C)nn1C. The third-order valence-electron chi connectivity index (χ3n) is 4.84. The van der Waals surface area contributed by atoms with Gasteiger partial charge in [-0.2, -0.15) is 5.10 Å². The van der Waals surface area contributed by atoms with E-state index in [0.717, 1.165) is 24.6 Å². The Hall–Kier alpha value is -0.350. The molecule has 1 unspecified atom stereocenters. The van der Waals surface area contributed by atoms with Crippen LogP contribution in [0.5, 0.6) is 0 Å². The third kappa shape index (κ3) is 4.82. The molecular weight excluding hydrogens is 326 g/mol. The van der Waals surface area contributed by atoms with E-state index in [1.54, 1.807) is 0 Å². The first-order chi connectivity index (χ1) is 10.1. The van der Waals surface area contributed by atoms with E-state index in [1.807, 2.05) is 4.68 Å². The lowest BCUT2D eigenvalue weighted by Crippen LogP contribution is -2.32. The van der Waals surface area contributed by atoms with E-state index in [9.17, 15) is 0 Å². The second-order valence-electron chi connectivity index (χ2n) is 6.51. The Balaban J connectivity index is 1.91. The molecule has 0 saturated heterocycles. The van der Waals surface area contributed by atoms with E-state index in [4.69, 9.17) is 0 Å². The van der Waals surface area contributed by atoms with Gasteiger partial charge in [0.05, 0.1) is 15.9 Å². The quantitative estimate of drug-likeness (QED) is 0.786. The van der Waals surface area contributed by atoms with Gasteiger partial charge in [0.25, 0.3) is 0 Å². The summed E-state index contributed by atoms with van der Waals surface area (Å²) in [6.07, 6.45) is 11.0. The van der Waals surface area contributed by atoms with Crippen molar-refractivity contribution in [1.82, 2.24) is 15.1 Å². The minimum absolute atomic E-state index is 0.572. The topological polar surface area (TPSA) is 29.9 Å². The summed E-state index contributed by atoms with van der Waals surface area (Å²) in [5, 5.41) is 8.19. The van der Waals surface area contributed by atoms with E-state index in [0.29, 0.717) is 6.04 Å². The summed E-state index contributed by atoms with van der Waals surface area (Å²) in [6.45, 7) is 5.32. The zero-order valence-corrected chi connectivity index (χ0v) is 15.4. The first-order valence-corrected chi connectivity index (χ1v) is 9.32. The van der Waals surface area contributed by atoms with Crippen LogP contribution in [0.25, 0.3) is 0 Å². The van der Waals surface area contributed by atoms with Gasteiger partial charge in [-0.15, -0.1) is 0 Å². The van der Waals surface area contributed by atoms with Crippen LogP contribution in [0.1, 0.15) is 63.3 Å². The molecule has 3 nitrogen and oxygen atoms in total. The van der Waals surface area contributed by atoms with Crippen molar-refractivity contribution in [3.63, 3.8) is 0 Å². The van der Waals surface area contributed by atoms with Crippen LogP contribution in [-0.4, -0.2) is 22.4 Å². The largest absolute Gasteiger partial charge is 0.314 e. The second-order valence-corrected chi connectivity index (χ2v) is 7.30. The smallest absolute Gasteiger partial charge is 0.0738 e. The van der Waals surface area contributed by atoms with Gasteiger partial charge in [-0.05, 0) is 48.2 Å². The van der Waals surface area contributed by atoms with Gasteiger partial charge >= 0.3 is 0 Å². The summed E-state index contributed by atoms with van der Waals surface area (Å²) in [6, 6.07) is 0.572. The van der Waals surface area contributed by atoms with Gasteiger partial charge in [0, 0.05) is 19.5 Å². The fraction of sp³-hybridized carbons (Fsp3) is 0.824. The van der Waals surface area contributed by atoms with Crippen LogP contribution in [0.3, 0.4) is 0 Å². The van der Waals surface area contributed by atoms with Gasteiger partial charge in [0.2, 0.25) is 0 Å². The Morgan fingerprint density at radius 2 is 2.05 bits per heavy atom. The maximum absolute atomic E-state index is 4.52. The Labute approximate surface area is 138 Å². The maximum Gasteiger partial charge on any atom is 0.0738 e. The molecule has 1 heterocycles. The first-order valence-electron chi connectivity index (χ1n) is 8.53. The number of aromatic nitrogens is 2. The highest BCUT2D eigenvalue weighted by atomic mass is 79.9. The average Bonchev–Trinajstić information content (AvgIpc) is 2.72. The van der Waals surface area contributed by atoms with Crippen molar-refractivity contribution in [3.8, 4) is 0 Å². The van der Waals surface area contributed by atoms with Gasteiger partial charge in [-0.3, -0.25) is 4.68 Å². The Bertz CT molecular complexity index is 435. The highest BCUT2D eigenvalue weighted by Crippen LogP contribution is 2.29. The molecule has 2 rings (SSSR count). The van der Waals surface area contributed by atoms with E-state index in [2.05, 4.69) is 47.2 Å². The maximum atomic E-state index is 4.52. The lowest BCUT2D eigenvalue weighted by Gasteiger charge is -2.25. The van der Waals surface area contributed by atoms with E-state index in [-0.39, 0.29) is 0 Å². The molecule has 0 aromatic carbocycles. The number of aryl methyl sites for hydroxylation is 2. The van der Waals surface area contributed by atoms with Crippen molar-refractivity contribution in [2.24, 2.45) is 13.0 Å². The summed E-state index contributed by atoms with van der Waals surface area (Å²) in [4.78, 5) is 0. The van der Waals surface area contributed by atoms with Crippen molar-refractivity contribution >= 4 is 15.9 Å². The number of hydrogen-bond acceptors (Lipinski definition) is 2. The fourth-order valence-electron chi connectivity index (χ4n) is 3.61. The molecule has 1 atom stereocenters. The molecule has 0 radical (unpaired) electrons. The number of rotatable bonds is 7. The molecule has 0 aliphatic heterocycles. The minimum Gasteiger partial charge on any atom is -0.314 e. The molecule has 0 amide bonds. The number of nitrogens with zero attached hydrogens (tertiary/aromatic N) is 2. The monoisotopic (exact) mass is 355 g/mol. The summed E-state index contributed by atoms with van der Waals surface area (Å²) in [5.41, 5.74) is 2.41. The lowest BCUT2D eigenvalue weighted by atomic mass is 9.85. The highest BCUT2D eigenvalue weighted by molar-refractivity contribution is 9.10. The van der Waals surface area contributed by atoms with Gasteiger partial charge in [-0.1, -0.05) is 39.0 Å². The average molecular weight is 356 g/mol. The predicted molar refractivity (Wildman–Crippen MR) is 92.6 cm³/mol. The molecule has 4 heteroatoms. The second kappa shape index (κ2) is 8.33. The van der Waals surface area contributed by atoms with Gasteiger partial charge in [0.1, 0.15) is 0 Å². The fourth-order valence-corrected chi connectivity index (χ4v) is 4.11. The van der Waals surface area contributed by atoms with Crippen molar-refractivity contribution in [2.75, 3.05) is 6.54 Å². The molecule has 1 aliphatic rings. The first kappa shape index (κ1) is 17.0. The standard InChI is InChI=1S/C17H30BrN3/c1-4-19-15(11-10-14-8-6-5-7-9-14)12-16-17(18)13(2)20-21(16)3/h14-15,19H,4-12H2,1-3H3. The van der Waals surface area contributed by atoms with Gasteiger partial charge in [-0.25, -0.2) is 0 Å². The Kier molecular flexibility index (Phi) is 6.74. The van der Waals surface area contributed by atoms with Gasteiger partial charge in [0.15, 0.2) is 0 Å². The zero-order valence-electron chi connectivity index (χ0n) is 13.8. The molecule has 21 heavy (non-hydrogen) atoms. The van der Waals surface area contributed by atoms with Crippen molar-refractivity contribution in [2.45, 2.75) is 71.3 Å². The lowest BCUT2D eigenvalue weighted by molar-refractivity contribution is 0.312. The number of hydrogen-bond donors (Lipinski definition) is 1. The van der Waals surface area contributed by atoms with E-state index >= 15 is 0 Å². The van der Waals surface area contributed by atoms with Crippen LogP contribution in [-0.2, 0) is 13.5 Å². The minimum atomic E-state index is 0.572. The van der Waals surface area contributed by atoms with Crippen LogP contribution >= 0.6 is 15.9 Å². The molecule has 0 bridgehead atoms. The normalized spacial score (nSPS) is 18.1. The molecule has 1 N–H and O–H groups in total.